The maximum atomic E-state index is 12.5. The molecule has 0 bridgehead atoms. The third kappa shape index (κ3) is 2.08. The second-order valence-electron chi connectivity index (χ2n) is 5.24. The molecule has 1 aromatic carbocycles. The molecule has 1 heterocycles. The minimum Gasteiger partial charge on any atom is -0.497 e. The van der Waals surface area contributed by atoms with Crippen molar-refractivity contribution < 1.29 is 9.53 Å². The molecule has 1 aliphatic heterocycles. The summed E-state index contributed by atoms with van der Waals surface area (Å²) in [5.41, 5.74) is 6.41. The van der Waals surface area contributed by atoms with Gasteiger partial charge in [0.05, 0.1) is 12.6 Å². The van der Waals surface area contributed by atoms with Crippen LogP contribution in [0.15, 0.2) is 24.3 Å². The van der Waals surface area contributed by atoms with Gasteiger partial charge in [-0.05, 0) is 38.5 Å². The quantitative estimate of drug-likeness (QED) is 0.865. The largest absolute Gasteiger partial charge is 0.497 e. The van der Waals surface area contributed by atoms with E-state index in [4.69, 9.17) is 10.5 Å². The van der Waals surface area contributed by atoms with Gasteiger partial charge in [-0.25, -0.2) is 0 Å². The van der Waals surface area contributed by atoms with Crippen molar-refractivity contribution in [1.29, 1.82) is 0 Å². The lowest BCUT2D eigenvalue weighted by molar-refractivity contribution is 0.0636. The van der Waals surface area contributed by atoms with Crippen LogP contribution in [0.25, 0.3) is 0 Å². The number of amides is 1. The number of hydrogen-bond donors (Lipinski definition) is 1. The lowest BCUT2D eigenvalue weighted by atomic mass is 9.96. The molecule has 0 radical (unpaired) electrons. The molecule has 18 heavy (non-hydrogen) atoms. The number of ether oxygens (including phenoxy) is 1. The van der Waals surface area contributed by atoms with Crippen LogP contribution in [0, 0.1) is 0 Å². The second-order valence-corrected chi connectivity index (χ2v) is 5.24. The molecule has 0 aromatic heterocycles. The zero-order valence-electron chi connectivity index (χ0n) is 11.1. The van der Waals surface area contributed by atoms with Crippen LogP contribution < -0.4 is 10.5 Å². The van der Waals surface area contributed by atoms with Gasteiger partial charge >= 0.3 is 0 Å². The van der Waals surface area contributed by atoms with Gasteiger partial charge in [-0.2, -0.15) is 0 Å². The van der Waals surface area contributed by atoms with E-state index in [1.54, 1.807) is 13.2 Å². The number of rotatable bonds is 2. The molecule has 1 amide bonds. The van der Waals surface area contributed by atoms with E-state index in [-0.39, 0.29) is 17.5 Å². The summed E-state index contributed by atoms with van der Waals surface area (Å²) in [6.45, 7) is 4.75. The number of nitrogens with two attached hydrogens (primary N) is 1. The molecule has 0 aliphatic carbocycles. The first kappa shape index (κ1) is 12.9. The van der Waals surface area contributed by atoms with Crippen LogP contribution >= 0.6 is 0 Å². The summed E-state index contributed by atoms with van der Waals surface area (Å²) in [4.78, 5) is 14.3. The van der Waals surface area contributed by atoms with Crippen LogP contribution in [0.3, 0.4) is 0 Å². The zero-order chi connectivity index (χ0) is 13.3. The Balaban J connectivity index is 2.26. The molecular weight excluding hydrogens is 228 g/mol. The Morgan fingerprint density at radius 3 is 2.78 bits per heavy atom. The van der Waals surface area contributed by atoms with Crippen molar-refractivity contribution in [3.05, 3.63) is 29.8 Å². The maximum Gasteiger partial charge on any atom is 0.254 e. The van der Waals surface area contributed by atoms with Crippen LogP contribution in [0.2, 0.25) is 0 Å². The van der Waals surface area contributed by atoms with Gasteiger partial charge in [0, 0.05) is 18.2 Å². The van der Waals surface area contributed by atoms with Crippen molar-refractivity contribution in [3.63, 3.8) is 0 Å². The number of methoxy groups -OCH3 is 1. The van der Waals surface area contributed by atoms with E-state index in [0.29, 0.717) is 17.9 Å². The summed E-state index contributed by atoms with van der Waals surface area (Å²) in [7, 11) is 1.60. The van der Waals surface area contributed by atoms with Gasteiger partial charge in [-0.15, -0.1) is 0 Å². The highest BCUT2D eigenvalue weighted by Crippen LogP contribution is 2.29. The van der Waals surface area contributed by atoms with Gasteiger partial charge in [-0.1, -0.05) is 6.07 Å². The molecule has 2 N–H and O–H groups in total. The van der Waals surface area contributed by atoms with E-state index in [1.165, 1.54) is 0 Å². The highest BCUT2D eigenvalue weighted by molar-refractivity contribution is 5.95. The fraction of sp³-hybridized carbons (Fsp3) is 0.500. The molecule has 1 fully saturated rings. The Morgan fingerprint density at radius 2 is 2.22 bits per heavy atom. The van der Waals surface area contributed by atoms with E-state index in [0.717, 1.165) is 6.42 Å². The molecule has 98 valence electrons. The minimum atomic E-state index is -0.292. The van der Waals surface area contributed by atoms with Gasteiger partial charge < -0.3 is 15.4 Å². The summed E-state index contributed by atoms with van der Waals surface area (Å²) in [6.07, 6.45) is 0.850. The van der Waals surface area contributed by atoms with E-state index < -0.39 is 0 Å². The van der Waals surface area contributed by atoms with Gasteiger partial charge in [0.25, 0.3) is 5.91 Å². The first-order chi connectivity index (χ1) is 8.46. The molecule has 1 atom stereocenters. The predicted molar refractivity (Wildman–Crippen MR) is 70.7 cm³/mol. The van der Waals surface area contributed by atoms with E-state index in [2.05, 4.69) is 0 Å². The monoisotopic (exact) mass is 248 g/mol. The highest BCUT2D eigenvalue weighted by Gasteiger charge is 2.41. The highest BCUT2D eigenvalue weighted by atomic mass is 16.5. The molecule has 1 saturated heterocycles. The van der Waals surface area contributed by atoms with Crippen molar-refractivity contribution in [2.45, 2.75) is 31.8 Å². The second kappa shape index (κ2) is 4.61. The number of likely N-dealkylation sites (tertiary alicyclic amines) is 1. The Morgan fingerprint density at radius 1 is 1.50 bits per heavy atom. The topological polar surface area (TPSA) is 55.6 Å². The molecule has 1 unspecified atom stereocenters. The van der Waals surface area contributed by atoms with Crippen molar-refractivity contribution >= 4 is 5.91 Å². The van der Waals surface area contributed by atoms with Gasteiger partial charge in [0.2, 0.25) is 0 Å². The fourth-order valence-electron chi connectivity index (χ4n) is 2.38. The van der Waals surface area contributed by atoms with E-state index in [1.807, 2.05) is 36.9 Å². The normalized spacial score (nSPS) is 22.0. The van der Waals surface area contributed by atoms with E-state index in [9.17, 15) is 4.79 Å². The van der Waals surface area contributed by atoms with Crippen LogP contribution in [-0.2, 0) is 0 Å². The number of carbonyl (C=O) groups excluding carboxylic acids is 1. The molecule has 4 heteroatoms. The Bertz CT molecular complexity index is 457. The summed E-state index contributed by atoms with van der Waals surface area (Å²) < 4.78 is 5.15. The molecule has 1 aliphatic rings. The van der Waals surface area contributed by atoms with Crippen molar-refractivity contribution in [3.8, 4) is 5.75 Å². The summed E-state index contributed by atoms with van der Waals surface area (Å²) >= 11 is 0. The summed E-state index contributed by atoms with van der Waals surface area (Å²) in [6, 6.07) is 7.27. The van der Waals surface area contributed by atoms with E-state index >= 15 is 0 Å². The first-order valence-electron chi connectivity index (χ1n) is 6.18. The average molecular weight is 248 g/mol. The van der Waals surface area contributed by atoms with Crippen molar-refractivity contribution in [2.24, 2.45) is 5.73 Å². The molecule has 0 spiro atoms. The van der Waals surface area contributed by atoms with Crippen LogP contribution in [0.1, 0.15) is 30.6 Å². The standard InChI is InChI=1S/C14H20N2O2/c1-14(2)12(15)7-8-16(14)13(17)10-5-4-6-11(9-10)18-3/h4-6,9,12H,7-8,15H2,1-3H3. The molecule has 1 aromatic rings. The van der Waals surface area contributed by atoms with Crippen LogP contribution in [0.4, 0.5) is 0 Å². The lowest BCUT2D eigenvalue weighted by Crippen LogP contribution is -2.51. The number of nitrogens with zero attached hydrogens (tertiary/aromatic N) is 1. The lowest BCUT2D eigenvalue weighted by Gasteiger charge is -2.34. The van der Waals surface area contributed by atoms with Gasteiger partial charge in [0.1, 0.15) is 5.75 Å². The Labute approximate surface area is 108 Å². The molecular formula is C14H20N2O2. The van der Waals surface area contributed by atoms with Crippen LogP contribution in [-0.4, -0.2) is 36.0 Å². The number of benzene rings is 1. The minimum absolute atomic E-state index is 0.0202. The smallest absolute Gasteiger partial charge is 0.254 e. The summed E-state index contributed by atoms with van der Waals surface area (Å²) in [5.74, 6) is 0.717. The third-order valence-electron chi connectivity index (χ3n) is 3.83. The SMILES string of the molecule is COc1cccc(C(=O)N2CCC(N)C2(C)C)c1. The first-order valence-corrected chi connectivity index (χ1v) is 6.18. The predicted octanol–water partition coefficient (Wildman–Crippen LogP) is 1.65. The maximum absolute atomic E-state index is 12.5. The van der Waals surface area contributed by atoms with Gasteiger partial charge in [-0.3, -0.25) is 4.79 Å². The number of carbonyl (C=O) groups is 1. The fourth-order valence-corrected chi connectivity index (χ4v) is 2.38. The molecule has 0 saturated carbocycles. The number of hydrogen-bond acceptors (Lipinski definition) is 3. The van der Waals surface area contributed by atoms with Crippen molar-refractivity contribution in [2.75, 3.05) is 13.7 Å². The molecule has 2 rings (SSSR count). The van der Waals surface area contributed by atoms with Crippen molar-refractivity contribution in [1.82, 2.24) is 4.90 Å². The zero-order valence-corrected chi connectivity index (χ0v) is 11.1. The Hall–Kier alpha value is -1.55. The Kier molecular flexibility index (Phi) is 3.30. The summed E-state index contributed by atoms with van der Waals surface area (Å²) in [5, 5.41) is 0. The van der Waals surface area contributed by atoms with Gasteiger partial charge in [0.15, 0.2) is 0 Å². The average Bonchev–Trinajstić information content (AvgIpc) is 2.63. The third-order valence-corrected chi connectivity index (χ3v) is 3.83. The van der Waals surface area contributed by atoms with Crippen LogP contribution in [0.5, 0.6) is 5.75 Å². The molecule has 4 nitrogen and oxygen atoms in total.